The van der Waals surface area contributed by atoms with E-state index in [1.54, 1.807) is 54.6 Å². The number of carbonyl (C=O) groups is 3. The molecule has 0 fully saturated rings. The molecule has 10 heteroatoms. The molecular weight excluding hydrogens is 628 g/mol. The first-order chi connectivity index (χ1) is 22.3. The van der Waals surface area contributed by atoms with E-state index in [0.29, 0.717) is 21.8 Å². The second kappa shape index (κ2) is 15.2. The highest BCUT2D eigenvalue weighted by Crippen LogP contribution is 2.37. The Morgan fingerprint density at radius 2 is 1.39 bits per heavy atom. The highest BCUT2D eigenvalue weighted by molar-refractivity contribution is 8.00. The lowest BCUT2D eigenvalue weighted by atomic mass is 10.1. The van der Waals surface area contributed by atoms with Gasteiger partial charge in [-0.3, -0.25) is 14.4 Å². The number of anilines is 2. The summed E-state index contributed by atoms with van der Waals surface area (Å²) in [6.07, 6.45) is 1.18. The number of hydrogen-bond donors (Lipinski definition) is 3. The van der Waals surface area contributed by atoms with Crippen molar-refractivity contribution < 1.29 is 23.2 Å². The van der Waals surface area contributed by atoms with Crippen LogP contribution in [0, 0.1) is 11.6 Å². The summed E-state index contributed by atoms with van der Waals surface area (Å²) in [6.45, 7) is 0. The summed E-state index contributed by atoms with van der Waals surface area (Å²) in [5.41, 5.74) is 1.54. The third kappa shape index (κ3) is 8.47. The van der Waals surface area contributed by atoms with E-state index in [0.717, 1.165) is 5.56 Å². The minimum atomic E-state index is -0.723. The maximum atomic E-state index is 14.7. The van der Waals surface area contributed by atoms with Crippen LogP contribution in [0.2, 0.25) is 5.02 Å². The Morgan fingerprint density at radius 3 is 2.09 bits per heavy atom. The molecule has 5 aromatic carbocycles. The van der Waals surface area contributed by atoms with Gasteiger partial charge in [0.15, 0.2) is 0 Å². The highest BCUT2D eigenvalue weighted by atomic mass is 35.5. The van der Waals surface area contributed by atoms with E-state index < -0.39 is 28.7 Å². The molecule has 6 nitrogen and oxygen atoms in total. The molecule has 0 bridgehead atoms. The lowest BCUT2D eigenvalue weighted by Crippen LogP contribution is -2.30. The molecule has 0 aliphatic carbocycles. The Hall–Kier alpha value is -5.25. The molecule has 3 N–H and O–H groups in total. The molecule has 0 aliphatic heterocycles. The van der Waals surface area contributed by atoms with Gasteiger partial charge in [-0.2, -0.15) is 0 Å². The molecule has 5 rings (SSSR count). The van der Waals surface area contributed by atoms with E-state index in [1.165, 1.54) is 60.3 Å². The first kappa shape index (κ1) is 32.2. The van der Waals surface area contributed by atoms with Gasteiger partial charge in [-0.1, -0.05) is 72.3 Å². The van der Waals surface area contributed by atoms with Crippen LogP contribution in [0.5, 0.6) is 0 Å². The molecule has 3 amide bonds. The van der Waals surface area contributed by atoms with Gasteiger partial charge in [-0.15, -0.1) is 11.8 Å². The minimum Gasteiger partial charge on any atom is -0.325 e. The van der Waals surface area contributed by atoms with E-state index in [1.807, 2.05) is 30.3 Å². The predicted molar refractivity (Wildman–Crippen MR) is 178 cm³/mol. The van der Waals surface area contributed by atoms with Crippen molar-refractivity contribution in [3.63, 3.8) is 0 Å². The number of benzene rings is 5. The first-order valence-electron chi connectivity index (χ1n) is 14.0. The Labute approximate surface area is 273 Å². The van der Waals surface area contributed by atoms with E-state index in [4.69, 9.17) is 11.6 Å². The zero-order valence-electron chi connectivity index (χ0n) is 24.0. The van der Waals surface area contributed by atoms with Gasteiger partial charge in [0, 0.05) is 27.4 Å². The number of hydrogen-bond acceptors (Lipinski definition) is 4. The average Bonchev–Trinajstić information content (AvgIpc) is 3.06. The number of carbonyl (C=O) groups excluding carboxylic acids is 3. The zero-order valence-corrected chi connectivity index (χ0v) is 25.6. The maximum Gasteiger partial charge on any atom is 0.272 e. The summed E-state index contributed by atoms with van der Waals surface area (Å²) >= 11 is 7.46. The maximum absolute atomic E-state index is 14.7. The van der Waals surface area contributed by atoms with E-state index in [2.05, 4.69) is 16.0 Å². The topological polar surface area (TPSA) is 87.3 Å². The fourth-order valence-electron chi connectivity index (χ4n) is 4.36. The third-order valence-electron chi connectivity index (χ3n) is 6.62. The van der Waals surface area contributed by atoms with Crippen LogP contribution in [0.3, 0.4) is 0 Å². The molecule has 0 aliphatic rings. The standard InChI is InChI=1S/C36H26ClF2N3O3S/c37-30-15-8-16-31(39)29(30)22-32(42-34(43)24-11-5-2-6-12-24)35(44)41-27-13-7-14-28(21-27)46-33(23-9-3-1-4-10-23)36(45)40-26-19-17-25(38)18-20-26/h1-22,33H,(H,40,45)(H,41,44)(H,42,43)/b32-22+. The molecule has 5 aromatic rings. The summed E-state index contributed by atoms with van der Waals surface area (Å²) < 4.78 is 28.1. The van der Waals surface area contributed by atoms with Crippen LogP contribution >= 0.6 is 23.4 Å². The molecule has 0 saturated carbocycles. The van der Waals surface area contributed by atoms with Crippen molar-refractivity contribution in [3.05, 3.63) is 166 Å². The second-order valence-corrected chi connectivity index (χ2v) is 11.5. The Bertz CT molecular complexity index is 1870. The minimum absolute atomic E-state index is 0.0588. The molecule has 46 heavy (non-hydrogen) atoms. The van der Waals surface area contributed by atoms with Crippen LogP contribution in [0.15, 0.2) is 138 Å². The summed E-state index contributed by atoms with van der Waals surface area (Å²) in [6, 6.07) is 33.8. The fourth-order valence-corrected chi connectivity index (χ4v) is 5.66. The van der Waals surface area contributed by atoms with Crippen molar-refractivity contribution in [2.45, 2.75) is 10.1 Å². The van der Waals surface area contributed by atoms with E-state index >= 15 is 0 Å². The second-order valence-electron chi connectivity index (χ2n) is 9.90. The summed E-state index contributed by atoms with van der Waals surface area (Å²) in [7, 11) is 0. The van der Waals surface area contributed by atoms with Crippen LogP contribution in [0.4, 0.5) is 20.2 Å². The zero-order chi connectivity index (χ0) is 32.5. The summed E-state index contributed by atoms with van der Waals surface area (Å²) in [5.74, 6) is -2.71. The smallest absolute Gasteiger partial charge is 0.272 e. The first-order valence-corrected chi connectivity index (χ1v) is 15.2. The van der Waals surface area contributed by atoms with E-state index in [9.17, 15) is 23.2 Å². The molecule has 0 heterocycles. The van der Waals surface area contributed by atoms with Crippen molar-refractivity contribution in [2.24, 2.45) is 0 Å². The number of thioether (sulfide) groups is 1. The molecule has 1 atom stereocenters. The van der Waals surface area contributed by atoms with Crippen LogP contribution in [0.1, 0.15) is 26.7 Å². The highest BCUT2D eigenvalue weighted by Gasteiger charge is 2.23. The third-order valence-corrected chi connectivity index (χ3v) is 8.19. The van der Waals surface area contributed by atoms with Crippen molar-refractivity contribution in [1.82, 2.24) is 5.32 Å². The molecule has 230 valence electrons. The number of halogens is 3. The average molecular weight is 654 g/mol. The normalized spacial score (nSPS) is 11.8. The lowest BCUT2D eigenvalue weighted by Gasteiger charge is -2.18. The predicted octanol–water partition coefficient (Wildman–Crippen LogP) is 8.50. The molecule has 0 spiro atoms. The van der Waals surface area contributed by atoms with Gasteiger partial charge in [0.25, 0.3) is 11.8 Å². The number of nitrogens with one attached hydrogen (secondary N) is 3. The lowest BCUT2D eigenvalue weighted by molar-refractivity contribution is -0.116. The van der Waals surface area contributed by atoms with Crippen molar-refractivity contribution >= 4 is 58.5 Å². The Kier molecular flexibility index (Phi) is 10.6. The number of rotatable bonds is 10. The summed E-state index contributed by atoms with van der Waals surface area (Å²) in [4.78, 5) is 40.6. The van der Waals surface area contributed by atoms with Crippen LogP contribution in [0.25, 0.3) is 6.08 Å². The van der Waals surface area contributed by atoms with Gasteiger partial charge in [0.2, 0.25) is 5.91 Å². The Balaban J connectivity index is 1.39. The van der Waals surface area contributed by atoms with Gasteiger partial charge < -0.3 is 16.0 Å². The summed E-state index contributed by atoms with van der Waals surface area (Å²) in [5, 5.41) is 7.51. The molecule has 0 aromatic heterocycles. The molecule has 1 unspecified atom stereocenters. The van der Waals surface area contributed by atoms with Gasteiger partial charge in [0.05, 0.1) is 5.02 Å². The molecular formula is C36H26ClF2N3O3S. The van der Waals surface area contributed by atoms with Gasteiger partial charge in [-0.05, 0) is 78.4 Å². The monoisotopic (exact) mass is 653 g/mol. The van der Waals surface area contributed by atoms with Gasteiger partial charge in [0.1, 0.15) is 22.6 Å². The van der Waals surface area contributed by atoms with Crippen molar-refractivity contribution in [2.75, 3.05) is 10.6 Å². The molecule has 0 radical (unpaired) electrons. The molecule has 0 saturated heterocycles. The van der Waals surface area contributed by atoms with Gasteiger partial charge >= 0.3 is 0 Å². The Morgan fingerprint density at radius 1 is 0.717 bits per heavy atom. The van der Waals surface area contributed by atoms with Crippen LogP contribution < -0.4 is 16.0 Å². The van der Waals surface area contributed by atoms with Crippen molar-refractivity contribution in [1.29, 1.82) is 0 Å². The van der Waals surface area contributed by atoms with Gasteiger partial charge in [-0.25, -0.2) is 8.78 Å². The fraction of sp³-hybridized carbons (Fsp3) is 0.0278. The van der Waals surface area contributed by atoms with Crippen molar-refractivity contribution in [3.8, 4) is 0 Å². The van der Waals surface area contributed by atoms with Crippen LogP contribution in [-0.4, -0.2) is 17.7 Å². The number of amides is 3. The quantitative estimate of drug-likeness (QED) is 0.104. The SMILES string of the molecule is O=C(Nc1cccc(SC(C(=O)Nc2ccc(F)cc2)c2ccccc2)c1)/C(=C\c1c(F)cccc1Cl)NC(=O)c1ccccc1. The van der Waals surface area contributed by atoms with Crippen LogP contribution in [-0.2, 0) is 9.59 Å². The van der Waals surface area contributed by atoms with E-state index in [-0.39, 0.29) is 22.2 Å². The largest absolute Gasteiger partial charge is 0.325 e.